The summed E-state index contributed by atoms with van der Waals surface area (Å²) in [6.07, 6.45) is 0.920. The molecule has 6 heteroatoms. The maximum absolute atomic E-state index is 12.2. The van der Waals surface area contributed by atoms with Crippen molar-refractivity contribution < 1.29 is 13.2 Å². The summed E-state index contributed by atoms with van der Waals surface area (Å²) in [7, 11) is -3.54. The van der Waals surface area contributed by atoms with E-state index in [1.165, 1.54) is 11.8 Å². The molecule has 1 amide bonds. The molecule has 1 unspecified atom stereocenters. The standard InChI is InChI=1S/C14H19NO3S2/c1-10(2)9-20(17,18)15-14(16)13-12-6-4-3-5-11(12)7-8-19-13/h3-6,10,13H,7-9H2,1-2H3,(H,15,16). The van der Waals surface area contributed by atoms with E-state index < -0.39 is 21.2 Å². The van der Waals surface area contributed by atoms with Crippen LogP contribution in [0.5, 0.6) is 0 Å². The maximum Gasteiger partial charge on any atom is 0.251 e. The van der Waals surface area contributed by atoms with Crippen molar-refractivity contribution in [2.75, 3.05) is 11.5 Å². The van der Waals surface area contributed by atoms with Gasteiger partial charge in [-0.05, 0) is 29.2 Å². The number of benzene rings is 1. The number of fused-ring (bicyclic) bond motifs is 1. The molecular formula is C14H19NO3S2. The van der Waals surface area contributed by atoms with E-state index in [2.05, 4.69) is 4.72 Å². The number of thioether (sulfide) groups is 1. The number of carbonyl (C=O) groups is 1. The molecule has 1 aliphatic rings. The number of aryl methyl sites for hydroxylation is 1. The molecule has 0 saturated carbocycles. The summed E-state index contributed by atoms with van der Waals surface area (Å²) in [6, 6.07) is 7.73. The van der Waals surface area contributed by atoms with Gasteiger partial charge in [0.1, 0.15) is 5.25 Å². The van der Waals surface area contributed by atoms with Crippen LogP contribution in [0, 0.1) is 5.92 Å². The predicted molar refractivity (Wildman–Crippen MR) is 82.1 cm³/mol. The molecule has 0 bridgehead atoms. The first-order valence-corrected chi connectivity index (χ1v) is 9.33. The molecule has 0 aliphatic carbocycles. The molecule has 0 aromatic heterocycles. The van der Waals surface area contributed by atoms with Gasteiger partial charge in [-0.15, -0.1) is 11.8 Å². The molecule has 20 heavy (non-hydrogen) atoms. The van der Waals surface area contributed by atoms with Crippen molar-refractivity contribution in [3.8, 4) is 0 Å². The first kappa shape index (κ1) is 15.4. The van der Waals surface area contributed by atoms with Crippen molar-refractivity contribution in [2.24, 2.45) is 5.92 Å². The molecule has 1 heterocycles. The Morgan fingerprint density at radius 3 is 2.80 bits per heavy atom. The monoisotopic (exact) mass is 313 g/mol. The maximum atomic E-state index is 12.2. The number of hydrogen-bond donors (Lipinski definition) is 1. The largest absolute Gasteiger partial charge is 0.272 e. The average Bonchev–Trinajstić information content (AvgIpc) is 2.35. The third-order valence-corrected chi connectivity index (χ3v) is 5.90. The van der Waals surface area contributed by atoms with Gasteiger partial charge in [0.2, 0.25) is 10.0 Å². The van der Waals surface area contributed by atoms with E-state index in [9.17, 15) is 13.2 Å². The van der Waals surface area contributed by atoms with E-state index in [-0.39, 0.29) is 11.7 Å². The molecule has 0 fully saturated rings. The Kier molecular flexibility index (Phi) is 4.75. The van der Waals surface area contributed by atoms with E-state index in [1.807, 2.05) is 38.1 Å². The quantitative estimate of drug-likeness (QED) is 0.925. The summed E-state index contributed by atoms with van der Waals surface area (Å²) < 4.78 is 25.9. The fraction of sp³-hybridized carbons (Fsp3) is 0.500. The van der Waals surface area contributed by atoms with Crippen LogP contribution in [-0.4, -0.2) is 25.8 Å². The molecule has 4 nitrogen and oxygen atoms in total. The summed E-state index contributed by atoms with van der Waals surface area (Å²) in [5, 5.41) is -0.429. The van der Waals surface area contributed by atoms with Crippen molar-refractivity contribution in [2.45, 2.75) is 25.5 Å². The van der Waals surface area contributed by atoms with Crippen molar-refractivity contribution in [3.63, 3.8) is 0 Å². The Hall–Kier alpha value is -1.01. The van der Waals surface area contributed by atoms with Gasteiger partial charge in [-0.25, -0.2) is 8.42 Å². The zero-order valence-corrected chi connectivity index (χ0v) is 13.3. The van der Waals surface area contributed by atoms with Crippen LogP contribution in [0.3, 0.4) is 0 Å². The topological polar surface area (TPSA) is 63.2 Å². The van der Waals surface area contributed by atoms with Crippen LogP contribution >= 0.6 is 11.8 Å². The highest BCUT2D eigenvalue weighted by Gasteiger charge is 2.29. The predicted octanol–water partition coefficient (Wildman–Crippen LogP) is 2.12. The summed E-state index contributed by atoms with van der Waals surface area (Å²) in [6.45, 7) is 3.63. The van der Waals surface area contributed by atoms with Gasteiger partial charge >= 0.3 is 0 Å². The number of carbonyl (C=O) groups excluding carboxylic acids is 1. The third-order valence-electron chi connectivity index (χ3n) is 3.04. The number of hydrogen-bond acceptors (Lipinski definition) is 4. The lowest BCUT2D eigenvalue weighted by Gasteiger charge is -2.24. The van der Waals surface area contributed by atoms with Crippen molar-refractivity contribution in [3.05, 3.63) is 35.4 Å². The second-order valence-electron chi connectivity index (χ2n) is 5.34. The van der Waals surface area contributed by atoms with E-state index in [0.29, 0.717) is 0 Å². The second-order valence-corrected chi connectivity index (χ2v) is 8.32. The van der Waals surface area contributed by atoms with Crippen molar-refractivity contribution >= 4 is 27.7 Å². The SMILES string of the molecule is CC(C)CS(=O)(=O)NC(=O)C1SCCc2ccccc21. The van der Waals surface area contributed by atoms with Crippen LogP contribution < -0.4 is 4.72 Å². The van der Waals surface area contributed by atoms with Crippen molar-refractivity contribution in [1.82, 2.24) is 4.72 Å². The summed E-state index contributed by atoms with van der Waals surface area (Å²) in [4.78, 5) is 12.2. The highest BCUT2D eigenvalue weighted by atomic mass is 32.2. The normalized spacial score (nSPS) is 18.6. The minimum absolute atomic E-state index is 0.00778. The Labute approximate surface area is 124 Å². The zero-order chi connectivity index (χ0) is 14.8. The van der Waals surface area contributed by atoms with Crippen LogP contribution in [0.25, 0.3) is 0 Å². The molecule has 1 N–H and O–H groups in total. The van der Waals surface area contributed by atoms with Crippen LogP contribution in [0.1, 0.15) is 30.2 Å². The summed E-state index contributed by atoms with van der Waals surface area (Å²) in [5.74, 6) is 0.367. The smallest absolute Gasteiger partial charge is 0.251 e. The Bertz CT molecular complexity index is 596. The summed E-state index contributed by atoms with van der Waals surface area (Å²) in [5.41, 5.74) is 2.06. The average molecular weight is 313 g/mol. The van der Waals surface area contributed by atoms with Crippen LogP contribution in [0.2, 0.25) is 0 Å². The third kappa shape index (κ3) is 3.76. The lowest BCUT2D eigenvalue weighted by atomic mass is 10.0. The van der Waals surface area contributed by atoms with Gasteiger partial charge in [-0.1, -0.05) is 38.1 Å². The second kappa shape index (κ2) is 6.18. The van der Waals surface area contributed by atoms with E-state index in [4.69, 9.17) is 0 Å². The summed E-state index contributed by atoms with van der Waals surface area (Å²) >= 11 is 1.50. The molecule has 2 rings (SSSR count). The molecular weight excluding hydrogens is 294 g/mol. The minimum Gasteiger partial charge on any atom is -0.272 e. The van der Waals surface area contributed by atoms with E-state index >= 15 is 0 Å². The highest BCUT2D eigenvalue weighted by Crippen LogP contribution is 2.36. The van der Waals surface area contributed by atoms with Gasteiger partial charge in [-0.3, -0.25) is 9.52 Å². The molecule has 0 spiro atoms. The van der Waals surface area contributed by atoms with E-state index in [1.54, 1.807) is 0 Å². The first-order valence-electron chi connectivity index (χ1n) is 6.63. The van der Waals surface area contributed by atoms with Gasteiger partial charge in [0.05, 0.1) is 5.75 Å². The first-order chi connectivity index (χ1) is 9.39. The van der Waals surface area contributed by atoms with Gasteiger partial charge in [-0.2, -0.15) is 0 Å². The number of sulfonamides is 1. The fourth-order valence-corrected chi connectivity index (χ4v) is 4.95. The van der Waals surface area contributed by atoms with Crippen LogP contribution in [-0.2, 0) is 21.2 Å². The molecule has 1 aromatic rings. The van der Waals surface area contributed by atoms with Gasteiger partial charge < -0.3 is 0 Å². The lowest BCUT2D eigenvalue weighted by molar-refractivity contribution is -0.118. The lowest BCUT2D eigenvalue weighted by Crippen LogP contribution is -2.37. The molecule has 110 valence electrons. The number of rotatable bonds is 4. The highest BCUT2D eigenvalue weighted by molar-refractivity contribution is 8.00. The molecule has 0 radical (unpaired) electrons. The van der Waals surface area contributed by atoms with E-state index in [0.717, 1.165) is 23.3 Å². The Morgan fingerprint density at radius 2 is 2.10 bits per heavy atom. The molecule has 1 atom stereocenters. The zero-order valence-electron chi connectivity index (χ0n) is 11.6. The van der Waals surface area contributed by atoms with Crippen LogP contribution in [0.15, 0.2) is 24.3 Å². The number of nitrogens with one attached hydrogen (secondary N) is 1. The van der Waals surface area contributed by atoms with Gasteiger partial charge in [0.25, 0.3) is 5.91 Å². The molecule has 0 saturated heterocycles. The van der Waals surface area contributed by atoms with Crippen molar-refractivity contribution in [1.29, 1.82) is 0 Å². The minimum atomic E-state index is -3.54. The van der Waals surface area contributed by atoms with Crippen LogP contribution in [0.4, 0.5) is 0 Å². The number of amides is 1. The molecule has 1 aromatic carbocycles. The van der Waals surface area contributed by atoms with Gasteiger partial charge in [0, 0.05) is 0 Å². The van der Waals surface area contributed by atoms with Gasteiger partial charge in [0.15, 0.2) is 0 Å². The fourth-order valence-electron chi connectivity index (χ4n) is 2.30. The molecule has 1 aliphatic heterocycles. The Balaban J connectivity index is 2.15. The Morgan fingerprint density at radius 1 is 1.40 bits per heavy atom.